The molecule has 5 heteroatoms. The fourth-order valence-corrected chi connectivity index (χ4v) is 3.22. The van der Waals surface area contributed by atoms with Crippen molar-refractivity contribution in [3.05, 3.63) is 84.9 Å². The summed E-state index contributed by atoms with van der Waals surface area (Å²) in [7, 11) is 1.83. The summed E-state index contributed by atoms with van der Waals surface area (Å²) in [6, 6.07) is 18.0. The van der Waals surface area contributed by atoms with Crippen molar-refractivity contribution >= 4 is 16.7 Å². The van der Waals surface area contributed by atoms with Gasteiger partial charge >= 0.3 is 0 Å². The number of fused-ring (bicyclic) bond motifs is 1. The highest BCUT2D eigenvalue weighted by Crippen LogP contribution is 2.20. The zero-order valence-corrected chi connectivity index (χ0v) is 15.1. The summed E-state index contributed by atoms with van der Waals surface area (Å²) in [5.41, 5.74) is 2.11. The third-order valence-corrected chi connectivity index (χ3v) is 4.66. The average molecular weight is 356 g/mol. The van der Waals surface area contributed by atoms with E-state index in [1.54, 1.807) is 17.3 Å². The number of pyridine rings is 1. The maximum atomic E-state index is 12.8. The highest BCUT2D eigenvalue weighted by Gasteiger charge is 2.14. The van der Waals surface area contributed by atoms with Crippen molar-refractivity contribution in [2.45, 2.75) is 13.1 Å². The predicted molar refractivity (Wildman–Crippen MR) is 106 cm³/mol. The van der Waals surface area contributed by atoms with E-state index in [9.17, 15) is 4.79 Å². The van der Waals surface area contributed by atoms with Gasteiger partial charge in [-0.2, -0.15) is 0 Å². The Labute approximate surface area is 157 Å². The Kier molecular flexibility index (Phi) is 4.66. The van der Waals surface area contributed by atoms with E-state index in [0.29, 0.717) is 6.54 Å². The van der Waals surface area contributed by atoms with Crippen molar-refractivity contribution in [2.24, 2.45) is 0 Å². The number of amides is 1. The first-order valence-electron chi connectivity index (χ1n) is 8.84. The summed E-state index contributed by atoms with van der Waals surface area (Å²) in [4.78, 5) is 23.1. The van der Waals surface area contributed by atoms with E-state index in [0.717, 1.165) is 27.7 Å². The fourth-order valence-electron chi connectivity index (χ4n) is 3.22. The average Bonchev–Trinajstić information content (AvgIpc) is 3.17. The minimum Gasteiger partial charge on any atom is -0.340 e. The molecule has 2 aromatic carbocycles. The van der Waals surface area contributed by atoms with Gasteiger partial charge in [0, 0.05) is 49.3 Å². The number of hydrogen-bond donors (Lipinski definition) is 0. The van der Waals surface area contributed by atoms with Gasteiger partial charge in [-0.3, -0.25) is 9.78 Å². The van der Waals surface area contributed by atoms with Gasteiger partial charge in [-0.15, -0.1) is 0 Å². The van der Waals surface area contributed by atoms with Crippen LogP contribution in [-0.2, 0) is 17.9 Å². The van der Waals surface area contributed by atoms with Crippen LogP contribution in [0.25, 0.3) is 22.2 Å². The Bertz CT molecular complexity index is 1070. The number of carbonyl (C=O) groups is 1. The third kappa shape index (κ3) is 3.58. The second kappa shape index (κ2) is 7.41. The van der Waals surface area contributed by atoms with Gasteiger partial charge in [-0.05, 0) is 17.0 Å². The zero-order valence-electron chi connectivity index (χ0n) is 15.1. The second-order valence-corrected chi connectivity index (χ2v) is 6.51. The summed E-state index contributed by atoms with van der Waals surface area (Å²) >= 11 is 0. The molecule has 0 atom stereocenters. The Balaban J connectivity index is 1.52. The van der Waals surface area contributed by atoms with Gasteiger partial charge in [-0.25, -0.2) is 4.98 Å². The summed E-state index contributed by atoms with van der Waals surface area (Å²) in [5, 5.41) is 2.21. The molecule has 0 unspecified atom stereocenters. The standard InChI is InChI=1S/C22H20N4O/c1-25(15-19-9-5-8-18-14-23-11-10-20(18)19)21(27)16-26-13-12-24-22(26)17-6-3-2-4-7-17/h2-14H,15-16H2,1H3. The highest BCUT2D eigenvalue weighted by molar-refractivity contribution is 5.85. The monoisotopic (exact) mass is 356 g/mol. The molecule has 0 saturated carbocycles. The Hall–Kier alpha value is -3.47. The highest BCUT2D eigenvalue weighted by atomic mass is 16.2. The van der Waals surface area contributed by atoms with Crippen molar-refractivity contribution in [3.63, 3.8) is 0 Å². The van der Waals surface area contributed by atoms with E-state index in [4.69, 9.17) is 0 Å². The van der Waals surface area contributed by atoms with Gasteiger partial charge in [0.25, 0.3) is 0 Å². The van der Waals surface area contributed by atoms with Crippen molar-refractivity contribution in [1.82, 2.24) is 19.4 Å². The molecule has 27 heavy (non-hydrogen) atoms. The number of likely N-dealkylation sites (N-methyl/N-ethyl adjacent to an activating group) is 1. The molecule has 0 bridgehead atoms. The van der Waals surface area contributed by atoms with Crippen LogP contribution in [0, 0.1) is 0 Å². The topological polar surface area (TPSA) is 51.0 Å². The number of hydrogen-bond acceptors (Lipinski definition) is 3. The van der Waals surface area contributed by atoms with E-state index in [2.05, 4.69) is 16.0 Å². The molecule has 4 aromatic rings. The van der Waals surface area contributed by atoms with Crippen LogP contribution < -0.4 is 0 Å². The second-order valence-electron chi connectivity index (χ2n) is 6.51. The van der Waals surface area contributed by atoms with Crippen molar-refractivity contribution in [3.8, 4) is 11.4 Å². The molecule has 134 valence electrons. The molecular formula is C22H20N4O. The lowest BCUT2D eigenvalue weighted by Crippen LogP contribution is -2.29. The first kappa shape index (κ1) is 17.0. The Morgan fingerprint density at radius 2 is 1.89 bits per heavy atom. The molecule has 0 aliphatic carbocycles. The predicted octanol–water partition coefficient (Wildman–Crippen LogP) is 3.76. The van der Waals surface area contributed by atoms with Gasteiger partial charge in [0.15, 0.2) is 0 Å². The lowest BCUT2D eigenvalue weighted by molar-refractivity contribution is -0.131. The zero-order chi connectivity index (χ0) is 18.6. The third-order valence-electron chi connectivity index (χ3n) is 4.66. The number of benzene rings is 2. The van der Waals surface area contributed by atoms with Crippen LogP contribution in [0.2, 0.25) is 0 Å². The van der Waals surface area contributed by atoms with Gasteiger partial charge in [0.1, 0.15) is 12.4 Å². The summed E-state index contributed by atoms with van der Waals surface area (Å²) < 4.78 is 1.89. The maximum absolute atomic E-state index is 12.8. The van der Waals surface area contributed by atoms with E-state index in [1.807, 2.05) is 72.5 Å². The van der Waals surface area contributed by atoms with Gasteiger partial charge in [0.05, 0.1) is 0 Å². The van der Waals surface area contributed by atoms with Crippen LogP contribution in [-0.4, -0.2) is 32.4 Å². The van der Waals surface area contributed by atoms with Crippen molar-refractivity contribution in [2.75, 3.05) is 7.05 Å². The molecule has 0 fully saturated rings. The fraction of sp³-hybridized carbons (Fsp3) is 0.136. The van der Waals surface area contributed by atoms with Crippen molar-refractivity contribution < 1.29 is 4.79 Å². The number of nitrogens with zero attached hydrogens (tertiary/aromatic N) is 4. The Morgan fingerprint density at radius 1 is 1.04 bits per heavy atom. The van der Waals surface area contributed by atoms with Crippen LogP contribution in [0.3, 0.4) is 0 Å². The SMILES string of the molecule is CN(Cc1cccc2cnccc12)C(=O)Cn1ccnc1-c1ccccc1. The summed E-state index contributed by atoms with van der Waals surface area (Å²) in [6.07, 6.45) is 7.20. The lowest BCUT2D eigenvalue weighted by atomic mass is 10.1. The molecule has 0 radical (unpaired) electrons. The van der Waals surface area contributed by atoms with Crippen LogP contribution in [0.15, 0.2) is 79.4 Å². The van der Waals surface area contributed by atoms with Crippen LogP contribution in [0.4, 0.5) is 0 Å². The molecule has 0 spiro atoms. The first-order chi connectivity index (χ1) is 13.2. The summed E-state index contributed by atoms with van der Waals surface area (Å²) in [5.74, 6) is 0.838. The molecule has 1 amide bonds. The van der Waals surface area contributed by atoms with Gasteiger partial charge in [-0.1, -0.05) is 48.5 Å². The maximum Gasteiger partial charge on any atom is 0.242 e. The van der Waals surface area contributed by atoms with Crippen LogP contribution >= 0.6 is 0 Å². The molecule has 5 nitrogen and oxygen atoms in total. The van der Waals surface area contributed by atoms with E-state index in [-0.39, 0.29) is 12.5 Å². The minimum absolute atomic E-state index is 0.0382. The van der Waals surface area contributed by atoms with Gasteiger partial charge < -0.3 is 9.47 Å². The molecule has 0 N–H and O–H groups in total. The van der Waals surface area contributed by atoms with Crippen LogP contribution in [0.5, 0.6) is 0 Å². The number of aromatic nitrogens is 3. The molecule has 0 saturated heterocycles. The Morgan fingerprint density at radius 3 is 2.74 bits per heavy atom. The smallest absolute Gasteiger partial charge is 0.242 e. The minimum atomic E-state index is 0.0382. The molecule has 0 aliphatic heterocycles. The van der Waals surface area contributed by atoms with E-state index >= 15 is 0 Å². The van der Waals surface area contributed by atoms with Crippen LogP contribution in [0.1, 0.15) is 5.56 Å². The molecule has 2 heterocycles. The number of carbonyl (C=O) groups excluding carboxylic acids is 1. The lowest BCUT2D eigenvalue weighted by Gasteiger charge is -2.19. The van der Waals surface area contributed by atoms with Gasteiger partial charge in [0.2, 0.25) is 5.91 Å². The summed E-state index contributed by atoms with van der Waals surface area (Å²) in [6.45, 7) is 0.808. The number of imidazole rings is 1. The molecular weight excluding hydrogens is 336 g/mol. The van der Waals surface area contributed by atoms with E-state index < -0.39 is 0 Å². The normalized spacial score (nSPS) is 10.9. The van der Waals surface area contributed by atoms with Crippen molar-refractivity contribution in [1.29, 1.82) is 0 Å². The first-order valence-corrected chi connectivity index (χ1v) is 8.84. The quantitative estimate of drug-likeness (QED) is 0.547. The molecule has 2 aromatic heterocycles. The largest absolute Gasteiger partial charge is 0.340 e. The molecule has 4 rings (SSSR count). The molecule has 0 aliphatic rings. The number of rotatable bonds is 5. The van der Waals surface area contributed by atoms with E-state index in [1.165, 1.54) is 0 Å².